The number of aromatic nitrogens is 1. The highest BCUT2D eigenvalue weighted by atomic mass is 35.5. The van der Waals surface area contributed by atoms with E-state index in [4.69, 9.17) is 16.9 Å². The van der Waals surface area contributed by atoms with E-state index in [1.807, 2.05) is 19.9 Å². The minimum Gasteiger partial charge on any atom is -0.322 e. The van der Waals surface area contributed by atoms with Crippen molar-refractivity contribution in [2.24, 2.45) is 0 Å². The fourth-order valence-corrected chi connectivity index (χ4v) is 1.39. The molecule has 1 heterocycles. The Kier molecular flexibility index (Phi) is 4.27. The van der Waals surface area contributed by atoms with Gasteiger partial charge < -0.3 is 4.90 Å². The van der Waals surface area contributed by atoms with Crippen LogP contribution in [-0.2, 0) is 0 Å². The summed E-state index contributed by atoms with van der Waals surface area (Å²) in [5, 5.41) is 9.10. The van der Waals surface area contributed by atoms with Crippen molar-refractivity contribution in [1.82, 2.24) is 9.88 Å². The molecule has 0 atom stereocenters. The molecule has 1 rings (SSSR count). The number of pyridine rings is 1. The zero-order chi connectivity index (χ0) is 12.1. The van der Waals surface area contributed by atoms with Crippen LogP contribution in [0.5, 0.6) is 0 Å². The van der Waals surface area contributed by atoms with Crippen molar-refractivity contribution in [2.75, 3.05) is 6.54 Å². The van der Waals surface area contributed by atoms with Crippen molar-refractivity contribution in [2.45, 2.75) is 19.9 Å². The average molecular weight is 238 g/mol. The lowest BCUT2D eigenvalue weighted by atomic mass is 10.2. The van der Waals surface area contributed by atoms with Gasteiger partial charge >= 0.3 is 0 Å². The predicted octanol–water partition coefficient (Wildman–Crippen LogP) is 2.11. The van der Waals surface area contributed by atoms with Crippen LogP contribution < -0.4 is 0 Å². The summed E-state index contributed by atoms with van der Waals surface area (Å²) < 4.78 is 0. The van der Waals surface area contributed by atoms with Crippen LogP contribution in [-0.4, -0.2) is 28.4 Å². The largest absolute Gasteiger partial charge is 0.322 e. The third kappa shape index (κ3) is 2.94. The summed E-state index contributed by atoms with van der Waals surface area (Å²) in [4.78, 5) is 17.4. The number of hydrogen-bond acceptors (Lipinski definition) is 3. The van der Waals surface area contributed by atoms with Gasteiger partial charge in [-0.2, -0.15) is 5.26 Å². The molecule has 4 nitrogen and oxygen atoms in total. The Morgan fingerprint density at radius 2 is 2.38 bits per heavy atom. The van der Waals surface area contributed by atoms with Crippen LogP contribution in [0, 0.1) is 11.3 Å². The van der Waals surface area contributed by atoms with Gasteiger partial charge in [-0.05, 0) is 26.0 Å². The van der Waals surface area contributed by atoms with E-state index in [1.165, 1.54) is 17.2 Å². The molecule has 0 aliphatic carbocycles. The Hall–Kier alpha value is -1.60. The van der Waals surface area contributed by atoms with Gasteiger partial charge in [-0.3, -0.25) is 9.78 Å². The lowest BCUT2D eigenvalue weighted by molar-refractivity contribution is 0.0725. The molecule has 0 saturated heterocycles. The minimum absolute atomic E-state index is 0.0463. The number of hydrogen-bond donors (Lipinski definition) is 0. The number of halogens is 1. The Labute approximate surface area is 99.5 Å². The van der Waals surface area contributed by atoms with Crippen LogP contribution in [0.15, 0.2) is 18.3 Å². The van der Waals surface area contributed by atoms with E-state index in [0.717, 1.165) is 0 Å². The molecule has 0 N–H and O–H groups in total. The fourth-order valence-electron chi connectivity index (χ4n) is 1.23. The quantitative estimate of drug-likeness (QED) is 0.757. The molecule has 16 heavy (non-hydrogen) atoms. The summed E-state index contributed by atoms with van der Waals surface area (Å²) in [7, 11) is 0. The molecule has 1 aromatic rings. The van der Waals surface area contributed by atoms with Gasteiger partial charge in [0, 0.05) is 17.3 Å². The third-order valence-corrected chi connectivity index (χ3v) is 2.30. The summed E-state index contributed by atoms with van der Waals surface area (Å²) in [5.74, 6) is -0.279. The number of nitriles is 1. The summed E-state index contributed by atoms with van der Waals surface area (Å²) in [6.07, 6.45) is 1.47. The molecular weight excluding hydrogens is 226 g/mol. The molecule has 0 aromatic carbocycles. The van der Waals surface area contributed by atoms with E-state index in [-0.39, 0.29) is 24.2 Å². The first-order chi connectivity index (χ1) is 7.56. The van der Waals surface area contributed by atoms with E-state index < -0.39 is 0 Å². The highest BCUT2D eigenvalue weighted by Gasteiger charge is 2.19. The van der Waals surface area contributed by atoms with Gasteiger partial charge in [0.15, 0.2) is 0 Å². The second-order valence-electron chi connectivity index (χ2n) is 3.54. The van der Waals surface area contributed by atoms with Crippen LogP contribution in [0.2, 0.25) is 5.02 Å². The first-order valence-electron chi connectivity index (χ1n) is 4.85. The molecule has 0 radical (unpaired) electrons. The van der Waals surface area contributed by atoms with E-state index in [1.54, 1.807) is 6.07 Å². The topological polar surface area (TPSA) is 57.0 Å². The molecule has 1 aromatic heterocycles. The Balaban J connectivity index is 2.95. The zero-order valence-corrected chi connectivity index (χ0v) is 9.90. The van der Waals surface area contributed by atoms with Crippen LogP contribution in [0.3, 0.4) is 0 Å². The van der Waals surface area contributed by atoms with E-state index in [2.05, 4.69) is 4.98 Å². The van der Waals surface area contributed by atoms with E-state index in [9.17, 15) is 4.79 Å². The molecule has 1 amide bonds. The van der Waals surface area contributed by atoms with Gasteiger partial charge in [-0.25, -0.2) is 0 Å². The molecule has 0 unspecified atom stereocenters. The first-order valence-corrected chi connectivity index (χ1v) is 5.23. The average Bonchev–Trinajstić information content (AvgIpc) is 2.24. The molecule has 0 aliphatic rings. The molecule has 5 heteroatoms. The molecule has 84 valence electrons. The van der Waals surface area contributed by atoms with Crippen molar-refractivity contribution >= 4 is 17.5 Å². The first kappa shape index (κ1) is 12.5. The second-order valence-corrected chi connectivity index (χ2v) is 3.98. The Morgan fingerprint density at radius 3 is 2.88 bits per heavy atom. The Morgan fingerprint density at radius 1 is 1.69 bits per heavy atom. The number of nitrogens with zero attached hydrogens (tertiary/aromatic N) is 3. The SMILES string of the molecule is CC(C)N(CC#N)C(=O)c1cc(Cl)ccn1. The molecule has 0 bridgehead atoms. The molecule has 0 fully saturated rings. The van der Waals surface area contributed by atoms with Crippen LogP contribution in [0.25, 0.3) is 0 Å². The highest BCUT2D eigenvalue weighted by molar-refractivity contribution is 6.30. The summed E-state index contributed by atoms with van der Waals surface area (Å²) >= 11 is 5.77. The maximum Gasteiger partial charge on any atom is 0.273 e. The third-order valence-electron chi connectivity index (χ3n) is 2.07. The van der Waals surface area contributed by atoms with Gasteiger partial charge in [-0.15, -0.1) is 0 Å². The zero-order valence-electron chi connectivity index (χ0n) is 9.14. The number of carbonyl (C=O) groups is 1. The summed E-state index contributed by atoms with van der Waals surface area (Å²) in [6.45, 7) is 3.74. The normalized spacial score (nSPS) is 9.94. The summed E-state index contributed by atoms with van der Waals surface area (Å²) in [5.41, 5.74) is 0.261. The van der Waals surface area contributed by atoms with Crippen molar-refractivity contribution < 1.29 is 4.79 Å². The second kappa shape index (κ2) is 5.47. The molecular formula is C11H12ClN3O. The summed E-state index contributed by atoms with van der Waals surface area (Å²) in [6, 6.07) is 5.01. The Bertz CT molecular complexity index is 425. The standard InChI is InChI=1S/C11H12ClN3O/c1-8(2)15(6-4-13)11(16)10-7-9(12)3-5-14-10/h3,5,7-8H,6H2,1-2H3. The van der Waals surface area contributed by atoms with Crippen molar-refractivity contribution in [1.29, 1.82) is 5.26 Å². The van der Waals surface area contributed by atoms with Gasteiger partial charge in [0.2, 0.25) is 0 Å². The maximum absolute atomic E-state index is 12.0. The molecule has 0 saturated carbocycles. The maximum atomic E-state index is 12.0. The van der Waals surface area contributed by atoms with Gasteiger partial charge in [0.25, 0.3) is 5.91 Å². The predicted molar refractivity (Wildman–Crippen MR) is 61.0 cm³/mol. The van der Waals surface area contributed by atoms with Crippen molar-refractivity contribution in [3.63, 3.8) is 0 Å². The fraction of sp³-hybridized carbons (Fsp3) is 0.364. The van der Waals surface area contributed by atoms with Crippen molar-refractivity contribution in [3.8, 4) is 6.07 Å². The number of rotatable bonds is 3. The van der Waals surface area contributed by atoms with E-state index >= 15 is 0 Å². The molecule has 0 spiro atoms. The lowest BCUT2D eigenvalue weighted by Crippen LogP contribution is -2.37. The molecule has 0 aliphatic heterocycles. The minimum atomic E-state index is -0.279. The van der Waals surface area contributed by atoms with Crippen LogP contribution in [0.1, 0.15) is 24.3 Å². The number of carbonyl (C=O) groups excluding carboxylic acids is 1. The van der Waals surface area contributed by atoms with Gasteiger partial charge in [0.05, 0.1) is 6.07 Å². The monoisotopic (exact) mass is 237 g/mol. The van der Waals surface area contributed by atoms with Crippen molar-refractivity contribution in [3.05, 3.63) is 29.0 Å². The van der Waals surface area contributed by atoms with Gasteiger partial charge in [0.1, 0.15) is 12.2 Å². The number of amides is 1. The van der Waals surface area contributed by atoms with Crippen LogP contribution in [0.4, 0.5) is 0 Å². The van der Waals surface area contributed by atoms with Gasteiger partial charge in [-0.1, -0.05) is 11.6 Å². The highest BCUT2D eigenvalue weighted by Crippen LogP contribution is 2.11. The smallest absolute Gasteiger partial charge is 0.273 e. The van der Waals surface area contributed by atoms with Crippen LogP contribution >= 0.6 is 11.6 Å². The van der Waals surface area contributed by atoms with E-state index in [0.29, 0.717) is 5.02 Å². The lowest BCUT2D eigenvalue weighted by Gasteiger charge is -2.23.